The first-order valence-corrected chi connectivity index (χ1v) is 11.2. The number of aryl methyl sites for hydroxylation is 2. The molecule has 0 radical (unpaired) electrons. The molecule has 0 unspecified atom stereocenters. The molecule has 0 saturated carbocycles. The summed E-state index contributed by atoms with van der Waals surface area (Å²) in [4.78, 5) is 0. The van der Waals surface area contributed by atoms with Crippen molar-refractivity contribution < 1.29 is 0 Å². The van der Waals surface area contributed by atoms with Gasteiger partial charge in [0.25, 0.3) is 0 Å². The first kappa shape index (κ1) is 18.8. The molecule has 0 heteroatoms. The molecule has 6 rings (SSSR count). The van der Waals surface area contributed by atoms with Gasteiger partial charge in [-0.1, -0.05) is 103 Å². The van der Waals surface area contributed by atoms with Crippen LogP contribution in [-0.4, -0.2) is 0 Å². The van der Waals surface area contributed by atoms with Crippen molar-refractivity contribution in [2.24, 2.45) is 0 Å². The van der Waals surface area contributed by atoms with Crippen LogP contribution in [0.25, 0.3) is 54.6 Å². The summed E-state index contributed by atoms with van der Waals surface area (Å²) < 4.78 is 0. The van der Waals surface area contributed by atoms with E-state index in [-0.39, 0.29) is 0 Å². The van der Waals surface area contributed by atoms with Crippen LogP contribution in [0.5, 0.6) is 0 Å². The molecule has 32 heavy (non-hydrogen) atoms. The largest absolute Gasteiger partial charge is 0.0622 e. The fraction of sp³-hybridized carbons (Fsp3) is 0.0625. The minimum Gasteiger partial charge on any atom is -0.0622 e. The van der Waals surface area contributed by atoms with Crippen molar-refractivity contribution in [1.29, 1.82) is 0 Å². The highest BCUT2D eigenvalue weighted by molar-refractivity contribution is 6.18. The van der Waals surface area contributed by atoms with Gasteiger partial charge in [0.2, 0.25) is 0 Å². The van der Waals surface area contributed by atoms with Crippen molar-refractivity contribution in [3.05, 3.63) is 120 Å². The molecule has 0 atom stereocenters. The van der Waals surface area contributed by atoms with Crippen LogP contribution >= 0.6 is 0 Å². The Hall–Kier alpha value is -3.90. The van der Waals surface area contributed by atoms with E-state index in [9.17, 15) is 0 Å². The third-order valence-electron chi connectivity index (χ3n) is 6.75. The first-order chi connectivity index (χ1) is 15.7. The predicted molar refractivity (Wildman–Crippen MR) is 139 cm³/mol. The molecule has 0 aliphatic heterocycles. The van der Waals surface area contributed by atoms with E-state index in [2.05, 4.69) is 123 Å². The number of rotatable bonds is 2. The Morgan fingerprint density at radius 3 is 1.50 bits per heavy atom. The molecular weight excluding hydrogens is 384 g/mol. The summed E-state index contributed by atoms with van der Waals surface area (Å²) in [5, 5.41) is 7.90. The molecule has 152 valence electrons. The Kier molecular flexibility index (Phi) is 4.33. The van der Waals surface area contributed by atoms with Gasteiger partial charge >= 0.3 is 0 Å². The zero-order chi connectivity index (χ0) is 21.7. The number of hydrogen-bond acceptors (Lipinski definition) is 0. The van der Waals surface area contributed by atoms with Crippen molar-refractivity contribution in [3.63, 3.8) is 0 Å². The molecule has 0 aliphatic rings. The second-order valence-electron chi connectivity index (χ2n) is 8.66. The molecule has 0 heterocycles. The van der Waals surface area contributed by atoms with E-state index >= 15 is 0 Å². The van der Waals surface area contributed by atoms with Gasteiger partial charge in [-0.3, -0.25) is 0 Å². The Labute approximate surface area is 188 Å². The molecule has 6 aromatic rings. The summed E-state index contributed by atoms with van der Waals surface area (Å²) in [7, 11) is 0. The number of benzene rings is 6. The van der Waals surface area contributed by atoms with Crippen molar-refractivity contribution in [1.82, 2.24) is 0 Å². The SMILES string of the molecule is Cc1cccc2c(-c3cccc4c(-c5ccccc5)cccc34)c3cccc(C)c3cc12. The Morgan fingerprint density at radius 1 is 0.375 bits per heavy atom. The van der Waals surface area contributed by atoms with Gasteiger partial charge in [0.15, 0.2) is 0 Å². The second kappa shape index (κ2) is 7.35. The quantitative estimate of drug-likeness (QED) is 0.251. The van der Waals surface area contributed by atoms with Crippen LogP contribution in [0.2, 0.25) is 0 Å². The summed E-state index contributed by atoms with van der Waals surface area (Å²) in [6.07, 6.45) is 0. The highest BCUT2D eigenvalue weighted by Gasteiger charge is 2.15. The van der Waals surface area contributed by atoms with E-state index in [1.165, 1.54) is 65.7 Å². The molecule has 0 spiro atoms. The van der Waals surface area contributed by atoms with Crippen LogP contribution < -0.4 is 0 Å². The topological polar surface area (TPSA) is 0 Å². The lowest BCUT2D eigenvalue weighted by Crippen LogP contribution is -1.91. The van der Waals surface area contributed by atoms with Crippen molar-refractivity contribution >= 4 is 32.3 Å². The van der Waals surface area contributed by atoms with Crippen molar-refractivity contribution in [3.8, 4) is 22.3 Å². The Balaban J connectivity index is 1.78. The van der Waals surface area contributed by atoms with Crippen molar-refractivity contribution in [2.45, 2.75) is 13.8 Å². The fourth-order valence-corrected chi connectivity index (χ4v) is 5.16. The molecule has 0 saturated heterocycles. The third kappa shape index (κ3) is 2.84. The highest BCUT2D eigenvalue weighted by atomic mass is 14.2. The van der Waals surface area contributed by atoms with Crippen LogP contribution in [0.3, 0.4) is 0 Å². The smallest absolute Gasteiger partial charge is 0.00204 e. The maximum Gasteiger partial charge on any atom is -0.00204 e. The summed E-state index contributed by atoms with van der Waals surface area (Å²) in [6, 6.07) is 39.9. The monoisotopic (exact) mass is 408 g/mol. The average molecular weight is 409 g/mol. The van der Waals surface area contributed by atoms with Gasteiger partial charge in [-0.25, -0.2) is 0 Å². The van der Waals surface area contributed by atoms with E-state index in [4.69, 9.17) is 0 Å². The molecule has 0 aromatic heterocycles. The minimum atomic E-state index is 1.25. The standard InChI is InChI=1S/C32H24/c1-21-10-6-17-28-30(21)20-31-22(2)11-7-18-29(31)32(28)27-19-9-15-25-24(14-8-16-26(25)27)23-12-4-3-5-13-23/h3-20H,1-2H3. The van der Waals surface area contributed by atoms with Gasteiger partial charge < -0.3 is 0 Å². The molecule has 0 fully saturated rings. The zero-order valence-corrected chi connectivity index (χ0v) is 18.4. The fourth-order valence-electron chi connectivity index (χ4n) is 5.16. The summed E-state index contributed by atoms with van der Waals surface area (Å²) in [5.41, 5.74) is 7.80. The van der Waals surface area contributed by atoms with Gasteiger partial charge in [-0.2, -0.15) is 0 Å². The zero-order valence-electron chi connectivity index (χ0n) is 18.4. The van der Waals surface area contributed by atoms with Gasteiger partial charge in [0, 0.05) is 0 Å². The summed E-state index contributed by atoms with van der Waals surface area (Å²) in [5.74, 6) is 0. The molecular formula is C32H24. The molecule has 6 aromatic carbocycles. The van der Waals surface area contributed by atoms with Gasteiger partial charge in [-0.05, 0) is 85.6 Å². The van der Waals surface area contributed by atoms with Crippen LogP contribution in [0.1, 0.15) is 11.1 Å². The van der Waals surface area contributed by atoms with Gasteiger partial charge in [-0.15, -0.1) is 0 Å². The van der Waals surface area contributed by atoms with Crippen LogP contribution in [-0.2, 0) is 0 Å². The molecule has 0 amide bonds. The Morgan fingerprint density at radius 2 is 0.875 bits per heavy atom. The van der Waals surface area contributed by atoms with E-state index in [1.807, 2.05) is 0 Å². The summed E-state index contributed by atoms with van der Waals surface area (Å²) >= 11 is 0. The maximum absolute atomic E-state index is 2.37. The highest BCUT2D eigenvalue weighted by Crippen LogP contribution is 2.42. The second-order valence-corrected chi connectivity index (χ2v) is 8.66. The normalized spacial score (nSPS) is 11.4. The van der Waals surface area contributed by atoms with Crippen LogP contribution in [0, 0.1) is 13.8 Å². The van der Waals surface area contributed by atoms with Gasteiger partial charge in [0.05, 0.1) is 0 Å². The molecule has 0 nitrogen and oxygen atoms in total. The van der Waals surface area contributed by atoms with Crippen molar-refractivity contribution in [2.75, 3.05) is 0 Å². The maximum atomic E-state index is 2.37. The van der Waals surface area contributed by atoms with Crippen LogP contribution in [0.4, 0.5) is 0 Å². The lowest BCUT2D eigenvalue weighted by Gasteiger charge is -2.17. The van der Waals surface area contributed by atoms with Gasteiger partial charge in [0.1, 0.15) is 0 Å². The predicted octanol–water partition coefficient (Wildman–Crippen LogP) is 9.10. The minimum absolute atomic E-state index is 1.25. The van der Waals surface area contributed by atoms with E-state index < -0.39 is 0 Å². The lowest BCUT2D eigenvalue weighted by atomic mass is 9.86. The first-order valence-electron chi connectivity index (χ1n) is 11.2. The molecule has 0 bridgehead atoms. The molecule has 0 N–H and O–H groups in total. The summed E-state index contributed by atoms with van der Waals surface area (Å²) in [6.45, 7) is 4.43. The van der Waals surface area contributed by atoms with E-state index in [0.29, 0.717) is 0 Å². The number of fused-ring (bicyclic) bond motifs is 3. The van der Waals surface area contributed by atoms with E-state index in [1.54, 1.807) is 0 Å². The van der Waals surface area contributed by atoms with Crippen LogP contribution in [0.15, 0.2) is 109 Å². The average Bonchev–Trinajstić information content (AvgIpc) is 2.83. The Bertz CT molecular complexity index is 1560. The lowest BCUT2D eigenvalue weighted by molar-refractivity contribution is 1.51. The molecule has 0 aliphatic carbocycles. The van der Waals surface area contributed by atoms with E-state index in [0.717, 1.165) is 0 Å². The number of hydrogen-bond donors (Lipinski definition) is 0. The third-order valence-corrected chi connectivity index (χ3v) is 6.75.